The Morgan fingerprint density at radius 2 is 1.79 bits per heavy atom. The number of allylic oxidation sites excluding steroid dienone is 1. The molecule has 5 heteroatoms. The summed E-state index contributed by atoms with van der Waals surface area (Å²) in [5.41, 5.74) is 4.86. The number of aryl methyl sites for hydroxylation is 2. The first-order valence-electron chi connectivity index (χ1n) is 9.59. The van der Waals surface area contributed by atoms with E-state index in [-0.39, 0.29) is 12.4 Å². The molecule has 1 N–H and O–H groups in total. The van der Waals surface area contributed by atoms with Crippen LogP contribution < -0.4 is 4.74 Å². The number of aromatic nitrogens is 1. The summed E-state index contributed by atoms with van der Waals surface area (Å²) in [5, 5.41) is 1.08. The number of H-pyrrole nitrogens is 1. The Morgan fingerprint density at radius 3 is 2.48 bits per heavy atom. The summed E-state index contributed by atoms with van der Waals surface area (Å²) in [6.45, 7) is 7.46. The first-order chi connectivity index (χ1) is 13.9. The number of fused-ring (bicyclic) bond motifs is 1. The van der Waals surface area contributed by atoms with Crippen LogP contribution in [0, 0.1) is 13.8 Å². The van der Waals surface area contributed by atoms with Gasteiger partial charge < -0.3 is 14.5 Å². The molecule has 0 aliphatic rings. The van der Waals surface area contributed by atoms with Gasteiger partial charge in [0.25, 0.3) is 0 Å². The van der Waals surface area contributed by atoms with E-state index < -0.39 is 5.97 Å². The quantitative estimate of drug-likeness (QED) is 0.349. The van der Waals surface area contributed by atoms with Crippen LogP contribution in [0.15, 0.2) is 48.2 Å². The maximum Gasteiger partial charge on any atom is 0.344 e. The van der Waals surface area contributed by atoms with E-state index in [1.165, 1.54) is 0 Å². The Balaban J connectivity index is 1.82. The zero-order valence-corrected chi connectivity index (χ0v) is 17.2. The number of nitrogens with one attached hydrogen (secondary N) is 1. The Labute approximate surface area is 170 Å². The molecule has 0 saturated heterocycles. The fourth-order valence-corrected chi connectivity index (χ4v) is 3.38. The molecule has 3 rings (SSSR count). The molecule has 29 heavy (non-hydrogen) atoms. The SMILES string of the molecule is CCOC(=O)COc1c(C)cc(C(=O)/C(C)=C/c2c[nH]c3ccccc23)cc1C. The number of aromatic amines is 1. The average molecular weight is 391 g/mol. The molecule has 1 aromatic heterocycles. The molecule has 1 heterocycles. The molecule has 0 spiro atoms. The Kier molecular flexibility index (Phi) is 6.17. The number of para-hydroxylation sites is 1. The normalized spacial score (nSPS) is 11.5. The van der Waals surface area contributed by atoms with Crippen molar-refractivity contribution in [1.29, 1.82) is 0 Å². The van der Waals surface area contributed by atoms with Crippen LogP contribution in [0.4, 0.5) is 0 Å². The number of carbonyl (C=O) groups excluding carboxylic acids is 2. The monoisotopic (exact) mass is 391 g/mol. The van der Waals surface area contributed by atoms with E-state index in [0.717, 1.165) is 27.6 Å². The largest absolute Gasteiger partial charge is 0.481 e. The average Bonchev–Trinajstić information content (AvgIpc) is 3.09. The molecular formula is C24H25NO4. The third-order valence-corrected chi connectivity index (χ3v) is 4.71. The van der Waals surface area contributed by atoms with Crippen LogP contribution >= 0.6 is 0 Å². The molecule has 0 radical (unpaired) electrons. The standard InChI is InChI=1S/C24H25NO4/c1-5-28-22(26)14-29-24-16(3)11-18(12-17(24)4)23(27)15(2)10-19-13-25-21-9-7-6-8-20(19)21/h6-13,25H,5,14H2,1-4H3/b15-10+. The van der Waals surface area contributed by atoms with E-state index >= 15 is 0 Å². The molecule has 150 valence electrons. The summed E-state index contributed by atoms with van der Waals surface area (Å²) < 4.78 is 10.5. The lowest BCUT2D eigenvalue weighted by molar-refractivity contribution is -0.145. The number of ether oxygens (including phenoxy) is 2. The number of esters is 1. The second kappa shape index (κ2) is 8.78. The first kappa shape index (κ1) is 20.4. The molecule has 0 amide bonds. The van der Waals surface area contributed by atoms with Crippen molar-refractivity contribution in [2.45, 2.75) is 27.7 Å². The first-order valence-corrected chi connectivity index (χ1v) is 9.59. The van der Waals surface area contributed by atoms with Crippen LogP contribution in [0.3, 0.4) is 0 Å². The van der Waals surface area contributed by atoms with Gasteiger partial charge in [0.05, 0.1) is 6.61 Å². The zero-order chi connectivity index (χ0) is 21.0. The van der Waals surface area contributed by atoms with Gasteiger partial charge in [0, 0.05) is 28.2 Å². The smallest absolute Gasteiger partial charge is 0.344 e. The minimum atomic E-state index is -0.413. The van der Waals surface area contributed by atoms with Crippen LogP contribution in [0.25, 0.3) is 17.0 Å². The number of hydrogen-bond acceptors (Lipinski definition) is 4. The van der Waals surface area contributed by atoms with Crippen molar-refractivity contribution in [1.82, 2.24) is 4.98 Å². The lowest BCUT2D eigenvalue weighted by atomic mass is 9.98. The van der Waals surface area contributed by atoms with Gasteiger partial charge in [-0.05, 0) is 68.7 Å². The summed E-state index contributed by atoms with van der Waals surface area (Å²) in [6.07, 6.45) is 3.81. The van der Waals surface area contributed by atoms with Crippen LogP contribution in [0.1, 0.15) is 40.9 Å². The van der Waals surface area contributed by atoms with Gasteiger partial charge in [-0.3, -0.25) is 4.79 Å². The van der Waals surface area contributed by atoms with Crippen molar-refractivity contribution in [3.8, 4) is 5.75 Å². The van der Waals surface area contributed by atoms with E-state index in [4.69, 9.17) is 9.47 Å². The maximum absolute atomic E-state index is 13.0. The number of rotatable bonds is 7. The van der Waals surface area contributed by atoms with Crippen LogP contribution in [0.5, 0.6) is 5.75 Å². The molecule has 5 nitrogen and oxygen atoms in total. The summed E-state index contributed by atoms with van der Waals surface area (Å²) >= 11 is 0. The second-order valence-corrected chi connectivity index (χ2v) is 6.98. The van der Waals surface area contributed by atoms with Crippen LogP contribution in [-0.2, 0) is 9.53 Å². The van der Waals surface area contributed by atoms with E-state index in [9.17, 15) is 9.59 Å². The van der Waals surface area contributed by atoms with Gasteiger partial charge in [-0.2, -0.15) is 0 Å². The van der Waals surface area contributed by atoms with Gasteiger partial charge in [0.15, 0.2) is 12.4 Å². The van der Waals surface area contributed by atoms with Crippen molar-refractivity contribution in [3.05, 3.63) is 70.4 Å². The third-order valence-electron chi connectivity index (χ3n) is 4.71. The highest BCUT2D eigenvalue weighted by molar-refractivity contribution is 6.12. The van der Waals surface area contributed by atoms with Crippen molar-refractivity contribution >= 4 is 28.7 Å². The molecule has 0 fully saturated rings. The van der Waals surface area contributed by atoms with Gasteiger partial charge in [-0.1, -0.05) is 18.2 Å². The van der Waals surface area contributed by atoms with Crippen molar-refractivity contribution < 1.29 is 19.1 Å². The Morgan fingerprint density at radius 1 is 1.10 bits per heavy atom. The van der Waals surface area contributed by atoms with Crippen LogP contribution in [-0.4, -0.2) is 30.0 Å². The fourth-order valence-electron chi connectivity index (χ4n) is 3.38. The van der Waals surface area contributed by atoms with Gasteiger partial charge in [0.2, 0.25) is 0 Å². The van der Waals surface area contributed by atoms with Crippen molar-refractivity contribution in [2.75, 3.05) is 13.2 Å². The van der Waals surface area contributed by atoms with Gasteiger partial charge >= 0.3 is 5.97 Å². The van der Waals surface area contributed by atoms with Gasteiger partial charge in [0.1, 0.15) is 5.75 Å². The molecule has 0 aliphatic carbocycles. The molecule has 0 unspecified atom stereocenters. The van der Waals surface area contributed by atoms with Gasteiger partial charge in [-0.15, -0.1) is 0 Å². The topological polar surface area (TPSA) is 68.4 Å². The van der Waals surface area contributed by atoms with E-state index in [0.29, 0.717) is 23.5 Å². The fraction of sp³-hybridized carbons (Fsp3) is 0.250. The maximum atomic E-state index is 13.0. The lowest BCUT2D eigenvalue weighted by Crippen LogP contribution is -2.15. The Hall–Kier alpha value is -3.34. The highest BCUT2D eigenvalue weighted by atomic mass is 16.6. The number of Topliss-reactive ketones (excluding diaryl/α,β-unsaturated/α-hetero) is 1. The van der Waals surface area contributed by atoms with Gasteiger partial charge in [-0.25, -0.2) is 4.79 Å². The van der Waals surface area contributed by atoms with Crippen LogP contribution in [0.2, 0.25) is 0 Å². The zero-order valence-electron chi connectivity index (χ0n) is 17.2. The summed E-state index contributed by atoms with van der Waals surface area (Å²) in [4.78, 5) is 27.7. The highest BCUT2D eigenvalue weighted by Crippen LogP contribution is 2.27. The molecular weight excluding hydrogens is 366 g/mol. The summed E-state index contributed by atoms with van der Waals surface area (Å²) in [6, 6.07) is 11.6. The minimum absolute atomic E-state index is 0.0431. The molecule has 0 atom stereocenters. The molecule has 0 saturated carbocycles. The van der Waals surface area contributed by atoms with E-state index in [2.05, 4.69) is 4.98 Å². The number of ketones is 1. The highest BCUT2D eigenvalue weighted by Gasteiger charge is 2.15. The number of carbonyl (C=O) groups is 2. The van der Waals surface area contributed by atoms with E-state index in [1.54, 1.807) is 19.1 Å². The minimum Gasteiger partial charge on any atom is -0.481 e. The predicted molar refractivity (Wildman–Crippen MR) is 114 cm³/mol. The summed E-state index contributed by atoms with van der Waals surface area (Å²) in [7, 11) is 0. The number of benzene rings is 2. The molecule has 0 bridgehead atoms. The predicted octanol–water partition coefficient (Wildman–Crippen LogP) is 5.01. The van der Waals surface area contributed by atoms with Crippen molar-refractivity contribution in [2.24, 2.45) is 0 Å². The molecule has 0 aliphatic heterocycles. The van der Waals surface area contributed by atoms with Crippen molar-refractivity contribution in [3.63, 3.8) is 0 Å². The lowest BCUT2D eigenvalue weighted by Gasteiger charge is -2.13. The summed E-state index contributed by atoms with van der Waals surface area (Å²) in [5.74, 6) is 0.148. The second-order valence-electron chi connectivity index (χ2n) is 6.98. The third kappa shape index (κ3) is 4.57. The molecule has 2 aromatic carbocycles. The van der Waals surface area contributed by atoms with E-state index in [1.807, 2.05) is 57.3 Å². The Bertz CT molecular complexity index is 1070. The molecule has 3 aromatic rings. The number of hydrogen-bond donors (Lipinski definition) is 1.